The Bertz CT molecular complexity index is 372. The van der Waals surface area contributed by atoms with Crippen LogP contribution in [0.2, 0.25) is 0 Å². The molecule has 0 saturated heterocycles. The minimum absolute atomic E-state index is 0.558. The Balaban J connectivity index is 0.000000621. The standard InChI is InChI=1S/C12H16O2S.C3H10N2/c1-9-7-11(8-10(2)12(9)15)14-6-4-3-5-13;1-5-3-2-4/h5,7-8,15H,3-4,6H2,1-2H3;5H,2-4H2,1H3. The summed E-state index contributed by atoms with van der Waals surface area (Å²) in [6, 6.07) is 3.94. The summed E-state index contributed by atoms with van der Waals surface area (Å²) in [6.45, 7) is 6.25. The maximum Gasteiger partial charge on any atom is 0.120 e. The second kappa shape index (κ2) is 11.8. The molecule has 0 heterocycles. The van der Waals surface area contributed by atoms with Gasteiger partial charge in [-0.3, -0.25) is 0 Å². The van der Waals surface area contributed by atoms with E-state index in [2.05, 4.69) is 17.9 Å². The zero-order chi connectivity index (χ0) is 15.4. The van der Waals surface area contributed by atoms with Crippen molar-refractivity contribution in [2.24, 2.45) is 5.73 Å². The van der Waals surface area contributed by atoms with Crippen molar-refractivity contribution in [3.05, 3.63) is 23.3 Å². The van der Waals surface area contributed by atoms with Crippen molar-refractivity contribution in [3.8, 4) is 5.75 Å². The fourth-order valence-corrected chi connectivity index (χ4v) is 1.63. The molecule has 4 nitrogen and oxygen atoms in total. The first-order valence-corrected chi connectivity index (χ1v) is 7.22. The Hall–Kier alpha value is -1.04. The molecule has 3 N–H and O–H groups in total. The summed E-state index contributed by atoms with van der Waals surface area (Å²) in [7, 11) is 1.88. The molecule has 0 aliphatic rings. The van der Waals surface area contributed by atoms with E-state index >= 15 is 0 Å². The molecule has 0 amide bonds. The van der Waals surface area contributed by atoms with Crippen LogP contribution in [0.15, 0.2) is 17.0 Å². The van der Waals surface area contributed by atoms with Crippen molar-refractivity contribution in [1.29, 1.82) is 0 Å². The zero-order valence-corrected chi connectivity index (χ0v) is 13.5. The van der Waals surface area contributed by atoms with Gasteiger partial charge in [0.25, 0.3) is 0 Å². The van der Waals surface area contributed by atoms with Gasteiger partial charge in [-0.25, -0.2) is 0 Å². The summed E-state index contributed by atoms with van der Waals surface area (Å²) in [5.41, 5.74) is 7.31. The number of hydrogen-bond acceptors (Lipinski definition) is 5. The maximum absolute atomic E-state index is 10.1. The molecule has 114 valence electrons. The minimum Gasteiger partial charge on any atom is -0.494 e. The van der Waals surface area contributed by atoms with E-state index in [-0.39, 0.29) is 0 Å². The van der Waals surface area contributed by atoms with Crippen molar-refractivity contribution >= 4 is 18.9 Å². The number of unbranched alkanes of at least 4 members (excludes halogenated alkanes) is 1. The highest BCUT2D eigenvalue weighted by molar-refractivity contribution is 7.80. The number of aryl methyl sites for hydroxylation is 2. The molecular formula is C15H26N2O2S. The van der Waals surface area contributed by atoms with Gasteiger partial charge in [0.05, 0.1) is 6.61 Å². The molecule has 0 aromatic heterocycles. The van der Waals surface area contributed by atoms with Gasteiger partial charge in [0, 0.05) is 24.4 Å². The van der Waals surface area contributed by atoms with Crippen molar-refractivity contribution in [2.75, 3.05) is 26.7 Å². The van der Waals surface area contributed by atoms with Gasteiger partial charge in [0.15, 0.2) is 0 Å². The lowest BCUT2D eigenvalue weighted by atomic mass is 10.1. The van der Waals surface area contributed by atoms with E-state index in [0.717, 1.165) is 47.6 Å². The van der Waals surface area contributed by atoms with Gasteiger partial charge in [-0.15, -0.1) is 12.6 Å². The Morgan fingerprint density at radius 1 is 1.35 bits per heavy atom. The predicted octanol–water partition coefficient (Wildman–Crippen LogP) is 2.11. The van der Waals surface area contributed by atoms with E-state index in [4.69, 9.17) is 10.5 Å². The van der Waals surface area contributed by atoms with E-state index in [9.17, 15) is 4.79 Å². The molecule has 0 saturated carbocycles. The van der Waals surface area contributed by atoms with E-state index in [1.807, 2.05) is 33.0 Å². The Morgan fingerprint density at radius 3 is 2.35 bits per heavy atom. The number of nitrogens with one attached hydrogen (secondary N) is 1. The minimum atomic E-state index is 0.558. The molecule has 0 radical (unpaired) electrons. The van der Waals surface area contributed by atoms with E-state index < -0.39 is 0 Å². The van der Waals surface area contributed by atoms with Crippen LogP contribution < -0.4 is 15.8 Å². The Kier molecular flexibility index (Phi) is 11.1. The van der Waals surface area contributed by atoms with Crippen LogP contribution >= 0.6 is 12.6 Å². The molecule has 0 spiro atoms. The number of aldehydes is 1. The van der Waals surface area contributed by atoms with Crippen LogP contribution in [0.4, 0.5) is 0 Å². The Labute approximate surface area is 127 Å². The zero-order valence-electron chi connectivity index (χ0n) is 12.6. The van der Waals surface area contributed by atoms with Gasteiger partial charge in [0.1, 0.15) is 12.0 Å². The third kappa shape index (κ3) is 8.19. The quantitative estimate of drug-likeness (QED) is 0.410. The number of benzene rings is 1. The van der Waals surface area contributed by atoms with Gasteiger partial charge in [-0.05, 0) is 50.6 Å². The molecule has 0 fully saturated rings. The second-order valence-corrected chi connectivity index (χ2v) is 4.90. The molecule has 1 aromatic rings. The van der Waals surface area contributed by atoms with Crippen LogP contribution in [0.1, 0.15) is 24.0 Å². The maximum atomic E-state index is 10.1. The predicted molar refractivity (Wildman–Crippen MR) is 86.9 cm³/mol. The number of hydrogen-bond donors (Lipinski definition) is 3. The third-order valence-electron chi connectivity index (χ3n) is 2.59. The number of thiol groups is 1. The van der Waals surface area contributed by atoms with Crippen LogP contribution in [-0.4, -0.2) is 33.0 Å². The fraction of sp³-hybridized carbons (Fsp3) is 0.533. The van der Waals surface area contributed by atoms with Crippen LogP contribution in [0.5, 0.6) is 5.75 Å². The molecule has 0 atom stereocenters. The number of ether oxygens (including phenoxy) is 1. The van der Waals surface area contributed by atoms with Crippen LogP contribution in [-0.2, 0) is 4.79 Å². The van der Waals surface area contributed by atoms with Crippen LogP contribution in [0.25, 0.3) is 0 Å². The van der Waals surface area contributed by atoms with Gasteiger partial charge < -0.3 is 20.6 Å². The van der Waals surface area contributed by atoms with Crippen molar-refractivity contribution in [1.82, 2.24) is 5.32 Å². The third-order valence-corrected chi connectivity index (χ3v) is 3.30. The normalized spacial score (nSPS) is 9.65. The highest BCUT2D eigenvalue weighted by atomic mass is 32.1. The number of carbonyl (C=O) groups excluding carboxylic acids is 1. The van der Waals surface area contributed by atoms with E-state index in [0.29, 0.717) is 13.0 Å². The van der Waals surface area contributed by atoms with Gasteiger partial charge in [0.2, 0.25) is 0 Å². The van der Waals surface area contributed by atoms with Crippen LogP contribution in [0, 0.1) is 13.8 Å². The van der Waals surface area contributed by atoms with Crippen molar-refractivity contribution in [3.63, 3.8) is 0 Å². The molecule has 1 rings (SSSR count). The Morgan fingerprint density at radius 2 is 1.95 bits per heavy atom. The first-order valence-electron chi connectivity index (χ1n) is 6.78. The van der Waals surface area contributed by atoms with Crippen molar-refractivity contribution in [2.45, 2.75) is 31.6 Å². The topological polar surface area (TPSA) is 64.3 Å². The molecule has 0 aliphatic carbocycles. The summed E-state index contributed by atoms with van der Waals surface area (Å²) in [5, 5.41) is 2.89. The number of nitrogens with two attached hydrogens (primary N) is 1. The average Bonchev–Trinajstić information content (AvgIpc) is 2.42. The lowest BCUT2D eigenvalue weighted by Gasteiger charge is -2.09. The second-order valence-electron chi connectivity index (χ2n) is 4.46. The molecule has 0 aliphatic heterocycles. The number of carbonyl (C=O) groups is 1. The van der Waals surface area contributed by atoms with Crippen LogP contribution in [0.3, 0.4) is 0 Å². The van der Waals surface area contributed by atoms with E-state index in [1.165, 1.54) is 0 Å². The summed E-state index contributed by atoms with van der Waals surface area (Å²) >= 11 is 4.38. The summed E-state index contributed by atoms with van der Waals surface area (Å²) < 4.78 is 5.53. The van der Waals surface area contributed by atoms with Gasteiger partial charge in [-0.1, -0.05) is 0 Å². The summed E-state index contributed by atoms with van der Waals surface area (Å²) in [5.74, 6) is 0.855. The van der Waals surface area contributed by atoms with Crippen molar-refractivity contribution < 1.29 is 9.53 Å². The largest absolute Gasteiger partial charge is 0.494 e. The lowest BCUT2D eigenvalue weighted by molar-refractivity contribution is -0.108. The fourth-order valence-electron chi connectivity index (χ4n) is 1.50. The summed E-state index contributed by atoms with van der Waals surface area (Å²) in [6.07, 6.45) is 2.24. The molecule has 5 heteroatoms. The monoisotopic (exact) mass is 298 g/mol. The first-order chi connectivity index (χ1) is 9.56. The smallest absolute Gasteiger partial charge is 0.120 e. The van der Waals surface area contributed by atoms with E-state index in [1.54, 1.807) is 0 Å². The molecular weight excluding hydrogens is 272 g/mol. The highest BCUT2D eigenvalue weighted by Gasteiger charge is 2.02. The molecule has 20 heavy (non-hydrogen) atoms. The van der Waals surface area contributed by atoms with Gasteiger partial charge >= 0.3 is 0 Å². The molecule has 0 bridgehead atoms. The lowest BCUT2D eigenvalue weighted by Crippen LogP contribution is -2.17. The van der Waals surface area contributed by atoms with Gasteiger partial charge in [-0.2, -0.15) is 0 Å². The number of likely N-dealkylation sites (N-methyl/N-ethyl adjacent to an activating group) is 1. The number of rotatable bonds is 7. The summed E-state index contributed by atoms with van der Waals surface area (Å²) in [4.78, 5) is 11.1. The SMILES string of the molecule is CNCCN.Cc1cc(OCCCC=O)cc(C)c1S. The first kappa shape index (κ1) is 19.0. The highest BCUT2D eigenvalue weighted by Crippen LogP contribution is 2.24. The molecule has 0 unspecified atom stereocenters. The average molecular weight is 298 g/mol. The molecule has 1 aromatic carbocycles.